The van der Waals surface area contributed by atoms with Crippen molar-refractivity contribution >= 4 is 5.91 Å². The number of nitrogens with zero attached hydrogens (tertiary/aromatic N) is 1. The van der Waals surface area contributed by atoms with Gasteiger partial charge in [-0.2, -0.15) is 0 Å². The minimum absolute atomic E-state index is 0.191. The Kier molecular flexibility index (Phi) is 5.77. The molecule has 1 rings (SSSR count). The fraction of sp³-hybridized carbons (Fsp3) is 0.917. The van der Waals surface area contributed by atoms with Crippen LogP contribution in [-0.2, 0) is 9.53 Å². The number of nitrogens with two attached hydrogens (primary N) is 1. The van der Waals surface area contributed by atoms with Crippen LogP contribution in [0, 0.1) is 0 Å². The van der Waals surface area contributed by atoms with Crippen molar-refractivity contribution in [3.63, 3.8) is 0 Å². The van der Waals surface area contributed by atoms with Gasteiger partial charge in [-0.25, -0.2) is 0 Å². The molecule has 1 saturated heterocycles. The Balaban J connectivity index is 2.14. The van der Waals surface area contributed by atoms with Gasteiger partial charge in [0.2, 0.25) is 5.91 Å². The smallest absolute Gasteiger partial charge is 0.222 e. The van der Waals surface area contributed by atoms with Gasteiger partial charge in [0.1, 0.15) is 0 Å². The molecule has 2 N–H and O–H groups in total. The second-order valence-corrected chi connectivity index (χ2v) is 4.78. The first-order valence-corrected chi connectivity index (χ1v) is 6.20. The van der Waals surface area contributed by atoms with Gasteiger partial charge >= 0.3 is 0 Å². The van der Waals surface area contributed by atoms with Gasteiger partial charge in [-0.1, -0.05) is 0 Å². The van der Waals surface area contributed by atoms with E-state index >= 15 is 0 Å². The quantitative estimate of drug-likeness (QED) is 0.741. The highest BCUT2D eigenvalue weighted by Crippen LogP contribution is 2.13. The average Bonchev–Trinajstić information content (AvgIpc) is 2.69. The van der Waals surface area contributed by atoms with E-state index in [4.69, 9.17) is 10.5 Å². The molecule has 0 spiro atoms. The first kappa shape index (κ1) is 13.5. The number of rotatable bonds is 6. The molecule has 0 aliphatic carbocycles. The molecular weight excluding hydrogens is 204 g/mol. The molecule has 1 aliphatic rings. The summed E-state index contributed by atoms with van der Waals surface area (Å²) in [6.45, 7) is 3.55. The molecule has 2 unspecified atom stereocenters. The lowest BCUT2D eigenvalue weighted by Gasteiger charge is -2.20. The molecule has 0 saturated carbocycles. The molecule has 1 heterocycles. The van der Waals surface area contributed by atoms with Crippen molar-refractivity contribution in [2.24, 2.45) is 5.73 Å². The zero-order valence-electron chi connectivity index (χ0n) is 10.4. The molecule has 1 fully saturated rings. The summed E-state index contributed by atoms with van der Waals surface area (Å²) in [6, 6.07) is 0.191. The van der Waals surface area contributed by atoms with Crippen LogP contribution >= 0.6 is 0 Å². The summed E-state index contributed by atoms with van der Waals surface area (Å²) in [7, 11) is 1.86. The van der Waals surface area contributed by atoms with Crippen molar-refractivity contribution in [2.45, 2.75) is 51.2 Å². The lowest BCUT2D eigenvalue weighted by Crippen LogP contribution is -2.34. The van der Waals surface area contributed by atoms with Crippen molar-refractivity contribution < 1.29 is 9.53 Å². The molecule has 2 atom stereocenters. The standard InChI is InChI=1S/C12H24N2O2/c1-10(13)5-3-7-12(15)14(2)9-11-6-4-8-16-11/h10-11H,3-9,13H2,1-2H3. The largest absolute Gasteiger partial charge is 0.376 e. The maximum Gasteiger partial charge on any atom is 0.222 e. The van der Waals surface area contributed by atoms with E-state index in [1.807, 2.05) is 14.0 Å². The number of ether oxygens (including phenoxy) is 1. The fourth-order valence-electron chi connectivity index (χ4n) is 1.96. The normalized spacial score (nSPS) is 22.1. The monoisotopic (exact) mass is 228 g/mol. The molecular formula is C12H24N2O2. The summed E-state index contributed by atoms with van der Waals surface area (Å²) in [5, 5.41) is 0. The minimum atomic E-state index is 0.191. The van der Waals surface area contributed by atoms with E-state index in [2.05, 4.69) is 0 Å². The van der Waals surface area contributed by atoms with Crippen LogP contribution < -0.4 is 5.73 Å². The van der Waals surface area contributed by atoms with E-state index in [9.17, 15) is 4.79 Å². The Morgan fingerprint density at radius 3 is 2.94 bits per heavy atom. The second-order valence-electron chi connectivity index (χ2n) is 4.78. The number of carbonyl (C=O) groups excluding carboxylic acids is 1. The lowest BCUT2D eigenvalue weighted by molar-refractivity contribution is -0.131. The van der Waals surface area contributed by atoms with E-state index in [0.717, 1.165) is 38.8 Å². The highest BCUT2D eigenvalue weighted by atomic mass is 16.5. The lowest BCUT2D eigenvalue weighted by atomic mass is 10.1. The Hall–Kier alpha value is -0.610. The van der Waals surface area contributed by atoms with Gasteiger partial charge in [0.05, 0.1) is 6.10 Å². The summed E-state index contributed by atoms with van der Waals surface area (Å²) < 4.78 is 5.50. The Bertz CT molecular complexity index is 213. The van der Waals surface area contributed by atoms with Gasteiger partial charge in [0.25, 0.3) is 0 Å². The molecule has 0 radical (unpaired) electrons. The number of hydrogen-bond acceptors (Lipinski definition) is 3. The van der Waals surface area contributed by atoms with Gasteiger partial charge in [-0.15, -0.1) is 0 Å². The summed E-state index contributed by atoms with van der Waals surface area (Å²) in [4.78, 5) is 13.5. The van der Waals surface area contributed by atoms with Crippen LogP contribution in [0.3, 0.4) is 0 Å². The zero-order chi connectivity index (χ0) is 12.0. The molecule has 94 valence electrons. The van der Waals surface area contributed by atoms with E-state index in [0.29, 0.717) is 6.42 Å². The third kappa shape index (κ3) is 4.94. The second kappa shape index (κ2) is 6.86. The van der Waals surface area contributed by atoms with Crippen molar-refractivity contribution in [3.05, 3.63) is 0 Å². The van der Waals surface area contributed by atoms with Crippen LogP contribution in [0.15, 0.2) is 0 Å². The topological polar surface area (TPSA) is 55.6 Å². The Morgan fingerprint density at radius 2 is 2.38 bits per heavy atom. The molecule has 4 nitrogen and oxygen atoms in total. The van der Waals surface area contributed by atoms with Crippen molar-refractivity contribution in [1.29, 1.82) is 0 Å². The molecule has 0 aromatic carbocycles. The fourth-order valence-corrected chi connectivity index (χ4v) is 1.96. The van der Waals surface area contributed by atoms with E-state index in [1.165, 1.54) is 0 Å². The van der Waals surface area contributed by atoms with Crippen molar-refractivity contribution in [3.8, 4) is 0 Å². The van der Waals surface area contributed by atoms with Crippen LogP contribution in [0.4, 0.5) is 0 Å². The van der Waals surface area contributed by atoms with Crippen molar-refractivity contribution in [1.82, 2.24) is 4.90 Å². The summed E-state index contributed by atoms with van der Waals surface area (Å²) in [6.07, 6.45) is 4.85. The maximum absolute atomic E-state index is 11.7. The summed E-state index contributed by atoms with van der Waals surface area (Å²) in [5.74, 6) is 0.205. The molecule has 0 aromatic rings. The van der Waals surface area contributed by atoms with Crippen LogP contribution in [0.2, 0.25) is 0 Å². The van der Waals surface area contributed by atoms with Crippen molar-refractivity contribution in [2.75, 3.05) is 20.2 Å². The SMILES string of the molecule is CC(N)CCCC(=O)N(C)CC1CCCO1. The highest BCUT2D eigenvalue weighted by Gasteiger charge is 2.19. The Labute approximate surface area is 98.1 Å². The third-order valence-corrected chi connectivity index (χ3v) is 2.98. The number of amides is 1. The number of carbonyl (C=O) groups is 1. The van der Waals surface area contributed by atoms with Gasteiger partial charge in [0.15, 0.2) is 0 Å². The summed E-state index contributed by atoms with van der Waals surface area (Å²) >= 11 is 0. The first-order chi connectivity index (χ1) is 7.59. The van der Waals surface area contributed by atoms with Crippen LogP contribution in [0.25, 0.3) is 0 Å². The molecule has 1 aliphatic heterocycles. The molecule has 0 aromatic heterocycles. The predicted molar refractivity (Wildman–Crippen MR) is 64.1 cm³/mol. The minimum Gasteiger partial charge on any atom is -0.376 e. The molecule has 1 amide bonds. The maximum atomic E-state index is 11.7. The van der Waals surface area contributed by atoms with E-state index < -0.39 is 0 Å². The van der Waals surface area contributed by atoms with E-state index in [1.54, 1.807) is 4.90 Å². The molecule has 16 heavy (non-hydrogen) atoms. The number of hydrogen-bond donors (Lipinski definition) is 1. The highest BCUT2D eigenvalue weighted by molar-refractivity contribution is 5.75. The average molecular weight is 228 g/mol. The van der Waals surface area contributed by atoms with Crippen LogP contribution in [0.5, 0.6) is 0 Å². The van der Waals surface area contributed by atoms with Crippen LogP contribution in [0.1, 0.15) is 39.0 Å². The van der Waals surface area contributed by atoms with Gasteiger partial charge in [0, 0.05) is 32.7 Å². The predicted octanol–water partition coefficient (Wildman–Crippen LogP) is 1.14. The van der Waals surface area contributed by atoms with Crippen LogP contribution in [-0.4, -0.2) is 43.2 Å². The summed E-state index contributed by atoms with van der Waals surface area (Å²) in [5.41, 5.74) is 5.64. The first-order valence-electron chi connectivity index (χ1n) is 6.20. The van der Waals surface area contributed by atoms with Gasteiger partial charge in [-0.05, 0) is 32.6 Å². The van der Waals surface area contributed by atoms with E-state index in [-0.39, 0.29) is 18.1 Å². The molecule has 0 bridgehead atoms. The Morgan fingerprint density at radius 1 is 1.62 bits per heavy atom. The van der Waals surface area contributed by atoms with Gasteiger partial charge in [-0.3, -0.25) is 4.79 Å². The number of likely N-dealkylation sites (N-methyl/N-ethyl adjacent to an activating group) is 1. The van der Waals surface area contributed by atoms with Gasteiger partial charge < -0.3 is 15.4 Å². The zero-order valence-corrected chi connectivity index (χ0v) is 10.4. The molecule has 4 heteroatoms. The third-order valence-electron chi connectivity index (χ3n) is 2.98.